The van der Waals surface area contributed by atoms with E-state index in [1.54, 1.807) is 11.8 Å². The van der Waals surface area contributed by atoms with Crippen molar-refractivity contribution in [3.63, 3.8) is 0 Å². The predicted molar refractivity (Wildman–Crippen MR) is 92.9 cm³/mol. The molecule has 120 valence electrons. The molecule has 1 aliphatic heterocycles. The molecule has 1 heterocycles. The summed E-state index contributed by atoms with van der Waals surface area (Å²) in [7, 11) is -0.344. The van der Waals surface area contributed by atoms with E-state index in [0.29, 0.717) is 0 Å². The van der Waals surface area contributed by atoms with Gasteiger partial charge in [-0.25, -0.2) is 0 Å². The average Bonchev–Trinajstić information content (AvgIpc) is 2.57. The van der Waals surface area contributed by atoms with E-state index in [0.717, 1.165) is 22.2 Å². The molecule has 0 atom stereocenters. The normalized spacial score (nSPS) is 20.2. The monoisotopic (exact) mass is 320 g/mol. The molecule has 1 aromatic rings. The molecule has 1 aliphatic rings. The van der Waals surface area contributed by atoms with Crippen LogP contribution in [0.5, 0.6) is 0 Å². The number of hydrogen-bond donors (Lipinski definition) is 0. The van der Waals surface area contributed by atoms with E-state index >= 15 is 0 Å². The van der Waals surface area contributed by atoms with Crippen molar-refractivity contribution in [3.8, 4) is 0 Å². The van der Waals surface area contributed by atoms with Crippen LogP contribution in [0.25, 0.3) is 0 Å². The minimum Gasteiger partial charge on any atom is -0.399 e. The molecule has 2 rings (SSSR count). The van der Waals surface area contributed by atoms with Crippen LogP contribution in [0.1, 0.15) is 47.1 Å². The lowest BCUT2D eigenvalue weighted by Crippen LogP contribution is -2.41. The Hall–Kier alpha value is -0.775. The third-order valence-electron chi connectivity index (χ3n) is 4.41. The molecule has 1 saturated heterocycles. The van der Waals surface area contributed by atoms with Crippen molar-refractivity contribution in [2.45, 2.75) is 69.3 Å². The van der Waals surface area contributed by atoms with Crippen LogP contribution in [0.2, 0.25) is 0 Å². The van der Waals surface area contributed by atoms with Crippen LogP contribution in [0.15, 0.2) is 23.1 Å². The Bertz CT molecular complexity index is 565. The number of hydrogen-bond acceptors (Lipinski definition) is 4. The summed E-state index contributed by atoms with van der Waals surface area (Å²) in [6.07, 6.45) is 0.981. The molecule has 0 aliphatic carbocycles. The van der Waals surface area contributed by atoms with Gasteiger partial charge in [0, 0.05) is 4.90 Å². The molecule has 22 heavy (non-hydrogen) atoms. The summed E-state index contributed by atoms with van der Waals surface area (Å²) in [4.78, 5) is 12.2. The summed E-state index contributed by atoms with van der Waals surface area (Å²) in [5.41, 5.74) is 1.49. The Labute approximate surface area is 138 Å². The molecule has 0 radical (unpaired) electrons. The highest BCUT2D eigenvalue weighted by molar-refractivity contribution is 8.01. The number of thioether (sulfide) groups is 1. The molecule has 0 saturated carbocycles. The molecule has 3 nitrogen and oxygen atoms in total. The van der Waals surface area contributed by atoms with Gasteiger partial charge in [0.15, 0.2) is 0 Å². The number of aldehydes is 1. The Morgan fingerprint density at radius 1 is 1.14 bits per heavy atom. The Morgan fingerprint density at radius 2 is 1.68 bits per heavy atom. The topological polar surface area (TPSA) is 35.5 Å². The van der Waals surface area contributed by atoms with Gasteiger partial charge < -0.3 is 14.1 Å². The van der Waals surface area contributed by atoms with E-state index in [1.807, 2.05) is 26.0 Å². The van der Waals surface area contributed by atoms with Crippen LogP contribution in [0, 0.1) is 6.92 Å². The van der Waals surface area contributed by atoms with Crippen molar-refractivity contribution >= 4 is 30.6 Å². The van der Waals surface area contributed by atoms with Gasteiger partial charge in [0.05, 0.1) is 15.9 Å². The summed E-state index contributed by atoms with van der Waals surface area (Å²) in [5, 5.41) is 0. The molecule has 0 bridgehead atoms. The molecule has 1 fully saturated rings. The maximum absolute atomic E-state index is 11.1. The largest absolute Gasteiger partial charge is 0.495 e. The summed E-state index contributed by atoms with van der Waals surface area (Å²) in [5.74, 6) is 0. The highest BCUT2D eigenvalue weighted by Gasteiger charge is 2.52. The van der Waals surface area contributed by atoms with Crippen molar-refractivity contribution in [1.29, 1.82) is 0 Å². The van der Waals surface area contributed by atoms with Gasteiger partial charge in [0.25, 0.3) is 0 Å². The minimum atomic E-state index is -0.418. The zero-order chi connectivity index (χ0) is 16.8. The fourth-order valence-electron chi connectivity index (χ4n) is 2.27. The first kappa shape index (κ1) is 17.6. The van der Waals surface area contributed by atoms with Crippen LogP contribution < -0.4 is 5.46 Å². The standard InChI is InChI=1S/C17H25BO3S/c1-12-10-13(22-15(2,3)11-19)8-9-14(12)18-20-16(4,5)17(6,7)21-18/h8-11H,1-7H3. The lowest BCUT2D eigenvalue weighted by atomic mass is 9.76. The molecule has 0 amide bonds. The number of rotatable bonds is 4. The number of benzene rings is 1. The highest BCUT2D eigenvalue weighted by atomic mass is 32.2. The van der Waals surface area contributed by atoms with E-state index in [1.165, 1.54) is 0 Å². The van der Waals surface area contributed by atoms with Crippen molar-refractivity contribution in [3.05, 3.63) is 23.8 Å². The third-order valence-corrected chi connectivity index (χ3v) is 5.53. The Balaban J connectivity index is 2.23. The fraction of sp³-hybridized carbons (Fsp3) is 0.588. The molecule has 1 aromatic carbocycles. The molecule has 0 unspecified atom stereocenters. The minimum absolute atomic E-state index is 0.336. The second-order valence-corrected chi connectivity index (χ2v) is 9.16. The van der Waals surface area contributed by atoms with E-state index in [-0.39, 0.29) is 18.3 Å². The summed E-state index contributed by atoms with van der Waals surface area (Å²) < 4.78 is 11.8. The van der Waals surface area contributed by atoms with Gasteiger partial charge in [-0.2, -0.15) is 0 Å². The van der Waals surface area contributed by atoms with Crippen molar-refractivity contribution < 1.29 is 14.1 Å². The van der Waals surface area contributed by atoms with Crippen molar-refractivity contribution in [1.82, 2.24) is 0 Å². The van der Waals surface area contributed by atoms with Gasteiger partial charge >= 0.3 is 7.12 Å². The van der Waals surface area contributed by atoms with Gasteiger partial charge in [-0.1, -0.05) is 11.6 Å². The predicted octanol–water partition coefficient (Wildman–Crippen LogP) is 3.36. The number of aryl methyl sites for hydroxylation is 1. The molecular weight excluding hydrogens is 295 g/mol. The third kappa shape index (κ3) is 3.42. The first-order valence-electron chi connectivity index (χ1n) is 7.59. The second-order valence-electron chi connectivity index (χ2n) is 7.43. The molecular formula is C17H25BO3S. The molecule has 0 spiro atoms. The Kier molecular flexibility index (Phi) is 4.55. The maximum Gasteiger partial charge on any atom is 0.495 e. The maximum atomic E-state index is 11.1. The average molecular weight is 320 g/mol. The van der Waals surface area contributed by atoms with Gasteiger partial charge in [0.1, 0.15) is 6.29 Å². The first-order valence-corrected chi connectivity index (χ1v) is 8.41. The van der Waals surface area contributed by atoms with E-state index < -0.39 is 4.75 Å². The lowest BCUT2D eigenvalue weighted by molar-refractivity contribution is -0.109. The second kappa shape index (κ2) is 5.70. The fourth-order valence-corrected chi connectivity index (χ4v) is 3.30. The van der Waals surface area contributed by atoms with Gasteiger partial charge in [-0.3, -0.25) is 0 Å². The van der Waals surface area contributed by atoms with Crippen LogP contribution in [-0.2, 0) is 14.1 Å². The smallest absolute Gasteiger partial charge is 0.399 e. The van der Waals surface area contributed by atoms with Gasteiger partial charge in [-0.05, 0) is 66.1 Å². The van der Waals surface area contributed by atoms with Crippen LogP contribution in [0.4, 0.5) is 0 Å². The summed E-state index contributed by atoms with van der Waals surface area (Å²) in [6.45, 7) is 14.1. The summed E-state index contributed by atoms with van der Waals surface area (Å²) >= 11 is 1.56. The van der Waals surface area contributed by atoms with E-state index in [2.05, 4.69) is 40.7 Å². The van der Waals surface area contributed by atoms with E-state index in [9.17, 15) is 4.79 Å². The zero-order valence-electron chi connectivity index (χ0n) is 14.5. The highest BCUT2D eigenvalue weighted by Crippen LogP contribution is 2.37. The van der Waals surface area contributed by atoms with Crippen molar-refractivity contribution in [2.24, 2.45) is 0 Å². The Morgan fingerprint density at radius 3 is 2.14 bits per heavy atom. The number of carbonyl (C=O) groups excluding carboxylic acids is 1. The van der Waals surface area contributed by atoms with Crippen LogP contribution in [-0.4, -0.2) is 29.4 Å². The van der Waals surface area contributed by atoms with Crippen LogP contribution in [0.3, 0.4) is 0 Å². The molecule has 5 heteroatoms. The van der Waals surface area contributed by atoms with Crippen molar-refractivity contribution in [2.75, 3.05) is 0 Å². The van der Waals surface area contributed by atoms with Gasteiger partial charge in [-0.15, -0.1) is 11.8 Å². The lowest BCUT2D eigenvalue weighted by Gasteiger charge is -2.32. The summed E-state index contributed by atoms with van der Waals surface area (Å²) in [6, 6.07) is 6.17. The van der Waals surface area contributed by atoms with Crippen LogP contribution >= 0.6 is 11.8 Å². The SMILES string of the molecule is Cc1cc(SC(C)(C)C=O)ccc1B1OC(C)(C)C(C)(C)O1. The quantitative estimate of drug-likeness (QED) is 0.484. The zero-order valence-corrected chi connectivity index (χ0v) is 15.3. The van der Waals surface area contributed by atoms with E-state index in [4.69, 9.17) is 9.31 Å². The van der Waals surface area contributed by atoms with Gasteiger partial charge in [0.2, 0.25) is 0 Å². The molecule has 0 N–H and O–H groups in total. The molecule has 0 aromatic heterocycles. The first-order chi connectivity index (χ1) is 9.97. The number of carbonyl (C=O) groups is 1.